The highest BCUT2D eigenvalue weighted by molar-refractivity contribution is 6.39. The van der Waals surface area contributed by atoms with Gasteiger partial charge in [-0.2, -0.15) is 0 Å². The number of para-hydroxylation sites is 1. The highest BCUT2D eigenvalue weighted by Gasteiger charge is 2.19. The molecule has 1 aliphatic rings. The number of carbonyl (C=O) groups excluding carboxylic acids is 2. The highest BCUT2D eigenvalue weighted by Crippen LogP contribution is 2.21. The van der Waals surface area contributed by atoms with Gasteiger partial charge in [-0.1, -0.05) is 24.3 Å². The van der Waals surface area contributed by atoms with Crippen LogP contribution in [0, 0.1) is 17.0 Å². The predicted octanol–water partition coefficient (Wildman–Crippen LogP) is 1.78. The predicted molar refractivity (Wildman–Crippen MR) is 115 cm³/mol. The number of nitrogens with zero attached hydrogens (tertiary/aromatic N) is 3. The van der Waals surface area contributed by atoms with Gasteiger partial charge in [0.05, 0.1) is 10.6 Å². The summed E-state index contributed by atoms with van der Waals surface area (Å²) >= 11 is 0. The van der Waals surface area contributed by atoms with Gasteiger partial charge >= 0.3 is 11.8 Å². The number of nitro groups is 1. The molecule has 0 saturated carbocycles. The second kappa shape index (κ2) is 9.84. The maximum atomic E-state index is 12.1. The van der Waals surface area contributed by atoms with Crippen molar-refractivity contribution in [3.8, 4) is 0 Å². The van der Waals surface area contributed by atoms with Crippen molar-refractivity contribution in [1.29, 1.82) is 0 Å². The van der Waals surface area contributed by atoms with Crippen LogP contribution >= 0.6 is 0 Å². The summed E-state index contributed by atoms with van der Waals surface area (Å²) in [5.74, 6) is -1.60. The Morgan fingerprint density at radius 3 is 2.40 bits per heavy atom. The van der Waals surface area contributed by atoms with Crippen molar-refractivity contribution in [3.05, 3.63) is 64.2 Å². The normalized spacial score (nSPS) is 14.2. The largest absolute Gasteiger partial charge is 0.369 e. The number of carbonyl (C=O) groups is 2. The summed E-state index contributed by atoms with van der Waals surface area (Å²) in [5.41, 5.74) is 1.95. The molecule has 1 saturated heterocycles. The van der Waals surface area contributed by atoms with Crippen LogP contribution in [-0.4, -0.2) is 60.9 Å². The Labute approximate surface area is 174 Å². The molecule has 1 aliphatic heterocycles. The van der Waals surface area contributed by atoms with E-state index >= 15 is 0 Å². The first-order valence-electron chi connectivity index (χ1n) is 9.80. The first kappa shape index (κ1) is 21.3. The molecule has 0 aliphatic carbocycles. The van der Waals surface area contributed by atoms with Crippen molar-refractivity contribution in [2.75, 3.05) is 49.5 Å². The van der Waals surface area contributed by atoms with Gasteiger partial charge in [0.15, 0.2) is 0 Å². The number of piperazine rings is 1. The third-order valence-corrected chi connectivity index (χ3v) is 5.09. The molecule has 1 heterocycles. The molecular formula is C21H25N5O4. The molecule has 0 atom stereocenters. The van der Waals surface area contributed by atoms with Gasteiger partial charge in [-0.05, 0) is 24.6 Å². The van der Waals surface area contributed by atoms with Gasteiger partial charge in [-0.3, -0.25) is 24.6 Å². The summed E-state index contributed by atoms with van der Waals surface area (Å²) in [6.07, 6.45) is 0. The molecule has 0 spiro atoms. The van der Waals surface area contributed by atoms with Gasteiger partial charge in [0, 0.05) is 57.1 Å². The van der Waals surface area contributed by atoms with Crippen molar-refractivity contribution in [3.63, 3.8) is 0 Å². The Kier molecular flexibility index (Phi) is 6.97. The van der Waals surface area contributed by atoms with Gasteiger partial charge in [-0.15, -0.1) is 0 Å². The van der Waals surface area contributed by atoms with Crippen molar-refractivity contribution in [1.82, 2.24) is 10.2 Å². The van der Waals surface area contributed by atoms with Crippen LogP contribution in [0.3, 0.4) is 0 Å². The minimum Gasteiger partial charge on any atom is -0.369 e. The number of rotatable bonds is 6. The zero-order valence-corrected chi connectivity index (χ0v) is 16.8. The fourth-order valence-electron chi connectivity index (χ4n) is 3.31. The molecule has 9 nitrogen and oxygen atoms in total. The molecule has 9 heteroatoms. The van der Waals surface area contributed by atoms with Gasteiger partial charge in [0.1, 0.15) is 0 Å². The standard InChI is InChI=1S/C21H25N5O4/c1-16-7-8-18(26(29)30)15-19(16)23-21(28)20(27)22-9-10-24-11-13-25(14-12-24)17-5-3-2-4-6-17/h2-8,15H,9-14H2,1H3,(H,22,27)(H,23,28). The quantitative estimate of drug-likeness (QED) is 0.426. The summed E-state index contributed by atoms with van der Waals surface area (Å²) in [6.45, 7) is 6.28. The Balaban J connectivity index is 1.41. The lowest BCUT2D eigenvalue weighted by molar-refractivity contribution is -0.384. The van der Waals surface area contributed by atoms with Crippen molar-refractivity contribution in [2.45, 2.75) is 6.92 Å². The van der Waals surface area contributed by atoms with Crippen LogP contribution in [-0.2, 0) is 9.59 Å². The molecule has 3 rings (SSSR count). The number of benzene rings is 2. The van der Waals surface area contributed by atoms with Crippen molar-refractivity contribution < 1.29 is 14.5 Å². The second-order valence-electron chi connectivity index (χ2n) is 7.13. The van der Waals surface area contributed by atoms with E-state index in [-0.39, 0.29) is 11.4 Å². The van der Waals surface area contributed by atoms with Gasteiger partial charge < -0.3 is 15.5 Å². The average molecular weight is 411 g/mol. The molecule has 0 unspecified atom stereocenters. The number of hydrogen-bond donors (Lipinski definition) is 2. The molecule has 2 aromatic carbocycles. The van der Waals surface area contributed by atoms with Crippen LogP contribution in [0.2, 0.25) is 0 Å². The molecule has 2 aromatic rings. The zero-order chi connectivity index (χ0) is 21.5. The minimum absolute atomic E-state index is 0.147. The molecule has 0 aromatic heterocycles. The van der Waals surface area contributed by atoms with Gasteiger partial charge in [0.2, 0.25) is 0 Å². The average Bonchev–Trinajstić information content (AvgIpc) is 2.76. The van der Waals surface area contributed by atoms with E-state index in [1.165, 1.54) is 23.9 Å². The maximum Gasteiger partial charge on any atom is 0.313 e. The summed E-state index contributed by atoms with van der Waals surface area (Å²) in [4.78, 5) is 39.1. The SMILES string of the molecule is Cc1ccc([N+](=O)[O-])cc1NC(=O)C(=O)NCCN1CCN(c2ccccc2)CC1. The molecule has 158 valence electrons. The Hall–Kier alpha value is -3.46. The van der Waals surface area contributed by atoms with E-state index in [1.807, 2.05) is 18.2 Å². The Bertz CT molecular complexity index is 911. The summed E-state index contributed by atoms with van der Waals surface area (Å²) < 4.78 is 0. The smallest absolute Gasteiger partial charge is 0.313 e. The van der Waals surface area contributed by atoms with Gasteiger partial charge in [-0.25, -0.2) is 0 Å². The third kappa shape index (κ3) is 5.54. The first-order chi connectivity index (χ1) is 14.4. The zero-order valence-electron chi connectivity index (χ0n) is 16.8. The van der Waals surface area contributed by atoms with E-state index in [9.17, 15) is 19.7 Å². The summed E-state index contributed by atoms with van der Waals surface area (Å²) in [5, 5.41) is 15.9. The topological polar surface area (TPSA) is 108 Å². The van der Waals surface area contributed by atoms with E-state index in [2.05, 4.69) is 32.6 Å². The molecule has 2 amide bonds. The lowest BCUT2D eigenvalue weighted by Gasteiger charge is -2.36. The van der Waals surface area contributed by atoms with Crippen molar-refractivity contribution in [2.24, 2.45) is 0 Å². The number of aryl methyl sites for hydroxylation is 1. The third-order valence-electron chi connectivity index (χ3n) is 5.09. The molecule has 2 N–H and O–H groups in total. The summed E-state index contributed by atoms with van der Waals surface area (Å²) in [7, 11) is 0. The molecule has 0 radical (unpaired) electrons. The van der Waals surface area contributed by atoms with E-state index < -0.39 is 16.7 Å². The van der Waals surface area contributed by atoms with Crippen LogP contribution < -0.4 is 15.5 Å². The second-order valence-corrected chi connectivity index (χ2v) is 7.13. The molecule has 1 fully saturated rings. The fourth-order valence-corrected chi connectivity index (χ4v) is 3.31. The van der Waals surface area contributed by atoms with Crippen LogP contribution in [0.25, 0.3) is 0 Å². The first-order valence-corrected chi connectivity index (χ1v) is 9.80. The number of anilines is 2. The monoisotopic (exact) mass is 411 g/mol. The molecule has 30 heavy (non-hydrogen) atoms. The van der Waals surface area contributed by atoms with Crippen molar-refractivity contribution >= 4 is 28.9 Å². The lowest BCUT2D eigenvalue weighted by atomic mass is 10.2. The molecular weight excluding hydrogens is 386 g/mol. The molecule has 0 bridgehead atoms. The van der Waals surface area contributed by atoms with Crippen LogP contribution in [0.4, 0.5) is 17.1 Å². The number of hydrogen-bond acceptors (Lipinski definition) is 6. The number of nitrogens with one attached hydrogen (secondary N) is 2. The summed E-state index contributed by atoms with van der Waals surface area (Å²) in [6, 6.07) is 14.4. The Morgan fingerprint density at radius 1 is 1.03 bits per heavy atom. The Morgan fingerprint density at radius 2 is 1.73 bits per heavy atom. The van der Waals surface area contributed by atoms with Crippen LogP contribution in [0.15, 0.2) is 48.5 Å². The minimum atomic E-state index is -0.840. The maximum absolute atomic E-state index is 12.1. The van der Waals surface area contributed by atoms with E-state index in [4.69, 9.17) is 0 Å². The van der Waals surface area contributed by atoms with E-state index in [0.29, 0.717) is 18.7 Å². The highest BCUT2D eigenvalue weighted by atomic mass is 16.6. The number of nitro benzene ring substituents is 1. The van der Waals surface area contributed by atoms with Crippen LogP contribution in [0.5, 0.6) is 0 Å². The van der Waals surface area contributed by atoms with Crippen LogP contribution in [0.1, 0.15) is 5.56 Å². The number of amides is 2. The number of non-ortho nitro benzene ring substituents is 1. The fraction of sp³-hybridized carbons (Fsp3) is 0.333. The lowest BCUT2D eigenvalue weighted by Crippen LogP contribution is -2.49. The van der Waals surface area contributed by atoms with E-state index in [0.717, 1.165) is 26.2 Å². The van der Waals surface area contributed by atoms with Gasteiger partial charge in [0.25, 0.3) is 5.69 Å². The van der Waals surface area contributed by atoms with E-state index in [1.54, 1.807) is 6.92 Å².